The Morgan fingerprint density at radius 3 is 2.68 bits per heavy atom. The topological polar surface area (TPSA) is 83.6 Å². The van der Waals surface area contributed by atoms with Gasteiger partial charge in [-0.25, -0.2) is 9.18 Å². The highest BCUT2D eigenvalue weighted by molar-refractivity contribution is 5.85. The van der Waals surface area contributed by atoms with Crippen LogP contribution in [0.2, 0.25) is 0 Å². The SMILES string of the molecule is CN(CC(N)=O)Cc1ccc(C=CC(=O)O)cc1F. The molecule has 1 rings (SSSR count). The summed E-state index contributed by atoms with van der Waals surface area (Å²) < 4.78 is 13.7. The van der Waals surface area contributed by atoms with E-state index in [2.05, 4.69) is 0 Å². The number of halogens is 1. The molecule has 0 saturated carbocycles. The van der Waals surface area contributed by atoms with E-state index in [9.17, 15) is 14.0 Å². The third-order valence-corrected chi connectivity index (χ3v) is 2.36. The van der Waals surface area contributed by atoms with Crippen LogP contribution in [0.4, 0.5) is 4.39 Å². The summed E-state index contributed by atoms with van der Waals surface area (Å²) >= 11 is 0. The van der Waals surface area contributed by atoms with Crippen molar-refractivity contribution >= 4 is 18.0 Å². The molecule has 0 fully saturated rings. The van der Waals surface area contributed by atoms with E-state index in [-0.39, 0.29) is 13.1 Å². The summed E-state index contributed by atoms with van der Waals surface area (Å²) in [5.74, 6) is -2.03. The number of nitrogens with zero attached hydrogens (tertiary/aromatic N) is 1. The number of amides is 1. The zero-order chi connectivity index (χ0) is 14.4. The number of carbonyl (C=O) groups is 2. The van der Waals surface area contributed by atoms with Crippen LogP contribution in [0.3, 0.4) is 0 Å². The van der Waals surface area contributed by atoms with E-state index in [1.54, 1.807) is 24.1 Å². The van der Waals surface area contributed by atoms with Crippen molar-refractivity contribution < 1.29 is 19.1 Å². The van der Waals surface area contributed by atoms with Gasteiger partial charge in [0.15, 0.2) is 0 Å². The minimum Gasteiger partial charge on any atom is -0.478 e. The summed E-state index contributed by atoms with van der Waals surface area (Å²) in [5.41, 5.74) is 5.91. The predicted molar refractivity (Wildman–Crippen MR) is 68.6 cm³/mol. The Balaban J connectivity index is 2.77. The van der Waals surface area contributed by atoms with Gasteiger partial charge < -0.3 is 10.8 Å². The number of carbonyl (C=O) groups excluding carboxylic acids is 1. The first-order valence-electron chi connectivity index (χ1n) is 5.55. The molecule has 0 spiro atoms. The molecule has 1 aromatic rings. The molecule has 0 aliphatic carbocycles. The monoisotopic (exact) mass is 266 g/mol. The maximum Gasteiger partial charge on any atom is 0.328 e. The Morgan fingerprint density at radius 1 is 1.47 bits per heavy atom. The number of carboxylic acids is 1. The van der Waals surface area contributed by atoms with Gasteiger partial charge in [0.05, 0.1) is 6.54 Å². The fraction of sp³-hybridized carbons (Fsp3) is 0.231. The molecule has 0 saturated heterocycles. The first-order valence-corrected chi connectivity index (χ1v) is 5.55. The number of primary amides is 1. The zero-order valence-corrected chi connectivity index (χ0v) is 10.5. The van der Waals surface area contributed by atoms with Crippen molar-refractivity contribution in [3.05, 3.63) is 41.2 Å². The maximum absolute atomic E-state index is 13.7. The Bertz CT molecular complexity index is 515. The maximum atomic E-state index is 13.7. The predicted octanol–water partition coefficient (Wildman–Crippen LogP) is 0.841. The summed E-state index contributed by atoms with van der Waals surface area (Å²) in [6, 6.07) is 4.40. The van der Waals surface area contributed by atoms with Gasteiger partial charge in [0.1, 0.15) is 5.82 Å². The van der Waals surface area contributed by atoms with Crippen LogP contribution in [0.1, 0.15) is 11.1 Å². The molecule has 1 aromatic carbocycles. The quantitative estimate of drug-likeness (QED) is 0.747. The molecule has 0 heterocycles. The van der Waals surface area contributed by atoms with Crippen LogP contribution in [-0.4, -0.2) is 35.5 Å². The van der Waals surface area contributed by atoms with Gasteiger partial charge in [0.25, 0.3) is 0 Å². The molecule has 0 aliphatic rings. The molecule has 1 amide bonds. The summed E-state index contributed by atoms with van der Waals surface area (Å²) in [6.07, 6.45) is 2.25. The standard InChI is InChI=1S/C13H15FN2O3/c1-16(8-12(15)17)7-10-4-2-9(6-11(10)14)3-5-13(18)19/h2-6H,7-8H2,1H3,(H2,15,17)(H,18,19). The highest BCUT2D eigenvalue weighted by Crippen LogP contribution is 2.13. The minimum atomic E-state index is -1.09. The van der Waals surface area contributed by atoms with Crippen molar-refractivity contribution in [3.63, 3.8) is 0 Å². The lowest BCUT2D eigenvalue weighted by molar-refractivity contribution is -0.131. The molecule has 6 heteroatoms. The van der Waals surface area contributed by atoms with Gasteiger partial charge in [0.2, 0.25) is 5.91 Å². The highest BCUT2D eigenvalue weighted by Gasteiger charge is 2.08. The largest absolute Gasteiger partial charge is 0.478 e. The van der Waals surface area contributed by atoms with Gasteiger partial charge in [0, 0.05) is 18.2 Å². The number of aliphatic carboxylic acids is 1. The molecule has 0 unspecified atom stereocenters. The molecule has 0 radical (unpaired) electrons. The van der Waals surface area contributed by atoms with E-state index in [4.69, 9.17) is 10.8 Å². The lowest BCUT2D eigenvalue weighted by Gasteiger charge is -2.15. The average molecular weight is 266 g/mol. The number of likely N-dealkylation sites (N-methyl/N-ethyl adjacent to an activating group) is 1. The first kappa shape index (κ1) is 14.8. The second kappa shape index (κ2) is 6.65. The third kappa shape index (κ3) is 5.31. The molecule has 0 bridgehead atoms. The van der Waals surface area contributed by atoms with E-state index in [0.717, 1.165) is 6.08 Å². The van der Waals surface area contributed by atoms with Gasteiger partial charge >= 0.3 is 5.97 Å². The molecule has 3 N–H and O–H groups in total. The molecular formula is C13H15FN2O3. The number of carboxylic acid groups (broad SMARTS) is 1. The van der Waals surface area contributed by atoms with Crippen LogP contribution >= 0.6 is 0 Å². The van der Waals surface area contributed by atoms with Gasteiger partial charge in [-0.1, -0.05) is 12.1 Å². The van der Waals surface area contributed by atoms with Crippen molar-refractivity contribution in [2.45, 2.75) is 6.54 Å². The molecule has 0 atom stereocenters. The number of hydrogen-bond acceptors (Lipinski definition) is 3. The van der Waals surface area contributed by atoms with Gasteiger partial charge in [-0.2, -0.15) is 0 Å². The second-order valence-corrected chi connectivity index (χ2v) is 4.16. The van der Waals surface area contributed by atoms with Crippen LogP contribution in [0.25, 0.3) is 6.08 Å². The summed E-state index contributed by atoms with van der Waals surface area (Å²) in [5, 5.41) is 8.47. The second-order valence-electron chi connectivity index (χ2n) is 4.16. The molecule has 0 aliphatic heterocycles. The lowest BCUT2D eigenvalue weighted by Crippen LogP contribution is -2.30. The van der Waals surface area contributed by atoms with Crippen LogP contribution in [0.5, 0.6) is 0 Å². The normalized spacial score (nSPS) is 11.1. The van der Waals surface area contributed by atoms with Crippen molar-refractivity contribution in [3.8, 4) is 0 Å². The number of hydrogen-bond donors (Lipinski definition) is 2. The van der Waals surface area contributed by atoms with E-state index >= 15 is 0 Å². The fourth-order valence-corrected chi connectivity index (χ4v) is 1.58. The molecule has 19 heavy (non-hydrogen) atoms. The number of nitrogens with two attached hydrogens (primary N) is 1. The fourth-order valence-electron chi connectivity index (χ4n) is 1.58. The van der Waals surface area contributed by atoms with Crippen molar-refractivity contribution in [2.24, 2.45) is 5.73 Å². The number of benzene rings is 1. The van der Waals surface area contributed by atoms with Crippen LogP contribution in [-0.2, 0) is 16.1 Å². The van der Waals surface area contributed by atoms with Gasteiger partial charge in [-0.3, -0.25) is 9.69 Å². The highest BCUT2D eigenvalue weighted by atomic mass is 19.1. The van der Waals surface area contributed by atoms with Crippen molar-refractivity contribution in [2.75, 3.05) is 13.6 Å². The summed E-state index contributed by atoms with van der Waals surface area (Å²) in [4.78, 5) is 22.6. The van der Waals surface area contributed by atoms with Crippen LogP contribution in [0.15, 0.2) is 24.3 Å². The Hall–Kier alpha value is -2.21. The van der Waals surface area contributed by atoms with E-state index in [1.165, 1.54) is 12.1 Å². The van der Waals surface area contributed by atoms with Crippen molar-refractivity contribution in [1.29, 1.82) is 0 Å². The molecular weight excluding hydrogens is 251 g/mol. The summed E-state index contributed by atoms with van der Waals surface area (Å²) in [6.45, 7) is 0.289. The van der Waals surface area contributed by atoms with E-state index < -0.39 is 17.7 Å². The first-order chi connectivity index (χ1) is 8.88. The lowest BCUT2D eigenvalue weighted by atomic mass is 10.1. The van der Waals surface area contributed by atoms with E-state index in [1.807, 2.05) is 0 Å². The van der Waals surface area contributed by atoms with Gasteiger partial charge in [-0.15, -0.1) is 0 Å². The molecule has 0 aromatic heterocycles. The van der Waals surface area contributed by atoms with Crippen molar-refractivity contribution in [1.82, 2.24) is 4.90 Å². The van der Waals surface area contributed by atoms with E-state index in [0.29, 0.717) is 11.1 Å². The molecule has 5 nitrogen and oxygen atoms in total. The Kier molecular flexibility index (Phi) is 5.20. The van der Waals surface area contributed by atoms with Crippen LogP contribution < -0.4 is 5.73 Å². The van der Waals surface area contributed by atoms with Gasteiger partial charge in [-0.05, 0) is 24.8 Å². The minimum absolute atomic E-state index is 0.0418. The van der Waals surface area contributed by atoms with Crippen LogP contribution in [0, 0.1) is 5.82 Å². The summed E-state index contributed by atoms with van der Waals surface area (Å²) in [7, 11) is 1.66. The Labute approximate surface area is 110 Å². The smallest absolute Gasteiger partial charge is 0.328 e. The zero-order valence-electron chi connectivity index (χ0n) is 10.5. The number of rotatable bonds is 6. The third-order valence-electron chi connectivity index (χ3n) is 2.36. The molecule has 102 valence electrons. The average Bonchev–Trinajstić information content (AvgIpc) is 2.28. The Morgan fingerprint density at radius 2 is 2.16 bits per heavy atom.